The van der Waals surface area contributed by atoms with Crippen molar-refractivity contribution in [2.75, 3.05) is 38.0 Å². The summed E-state index contributed by atoms with van der Waals surface area (Å²) in [6, 6.07) is 7.57. The molecule has 2 N–H and O–H groups in total. The van der Waals surface area contributed by atoms with Crippen molar-refractivity contribution in [2.24, 2.45) is 5.73 Å². The number of rotatable bonds is 5. The molecule has 2 unspecified atom stereocenters. The Morgan fingerprint density at radius 3 is 2.90 bits per heavy atom. The van der Waals surface area contributed by atoms with Crippen LogP contribution in [-0.2, 0) is 9.84 Å². The van der Waals surface area contributed by atoms with E-state index in [-0.39, 0.29) is 6.04 Å². The molecule has 1 fully saturated rings. The predicted molar refractivity (Wildman–Crippen MR) is 87.5 cm³/mol. The van der Waals surface area contributed by atoms with Gasteiger partial charge in [0.2, 0.25) is 0 Å². The number of hydrogen-bond acceptors (Lipinski definition) is 6. The van der Waals surface area contributed by atoms with Gasteiger partial charge in [0, 0.05) is 36.9 Å². The van der Waals surface area contributed by atoms with Crippen LogP contribution in [-0.4, -0.2) is 56.7 Å². The summed E-state index contributed by atoms with van der Waals surface area (Å²) < 4.78 is 29.4. The minimum atomic E-state index is -3.14. The van der Waals surface area contributed by atoms with Gasteiger partial charge >= 0.3 is 0 Å². The fraction of sp³-hybridized carbons (Fsp3) is 0.571. The minimum Gasteiger partial charge on any atom is -0.497 e. The number of nitrogens with two attached hydrogens (primary N) is 1. The third-order valence-corrected chi connectivity index (χ3v) is 6.38. The molecule has 1 saturated heterocycles. The van der Waals surface area contributed by atoms with Crippen molar-refractivity contribution in [2.45, 2.75) is 11.4 Å². The van der Waals surface area contributed by atoms with Crippen LogP contribution in [0.1, 0.15) is 11.6 Å². The highest BCUT2D eigenvalue weighted by Gasteiger charge is 2.35. The first-order valence-corrected chi connectivity index (χ1v) is 9.94. The smallest absolute Gasteiger partial charge is 0.164 e. The van der Waals surface area contributed by atoms with Gasteiger partial charge in [0.15, 0.2) is 9.84 Å². The molecule has 1 aromatic carbocycles. The molecule has 0 radical (unpaired) electrons. The number of methoxy groups -OCH3 is 1. The summed E-state index contributed by atoms with van der Waals surface area (Å²) in [6.07, 6.45) is 1.30. The Balaban J connectivity index is 2.33. The van der Waals surface area contributed by atoms with E-state index in [1.54, 1.807) is 18.9 Å². The fourth-order valence-electron chi connectivity index (χ4n) is 2.63. The van der Waals surface area contributed by atoms with Gasteiger partial charge in [-0.3, -0.25) is 4.90 Å². The zero-order valence-corrected chi connectivity index (χ0v) is 14.0. The summed E-state index contributed by atoms with van der Waals surface area (Å²) in [6.45, 7) is 1.10. The lowest BCUT2D eigenvalue weighted by atomic mass is 10.0. The van der Waals surface area contributed by atoms with Crippen LogP contribution in [0.3, 0.4) is 0 Å². The quantitative estimate of drug-likeness (QED) is 0.872. The number of sulfone groups is 1. The topological polar surface area (TPSA) is 72.6 Å². The van der Waals surface area contributed by atoms with E-state index in [2.05, 4.69) is 0 Å². The van der Waals surface area contributed by atoms with Gasteiger partial charge in [0.25, 0.3) is 0 Å². The molecule has 5 nitrogen and oxygen atoms in total. The zero-order chi connectivity index (χ0) is 15.5. The van der Waals surface area contributed by atoms with Crippen LogP contribution < -0.4 is 10.5 Å². The first-order valence-electron chi connectivity index (χ1n) is 6.83. The van der Waals surface area contributed by atoms with Crippen LogP contribution in [0.25, 0.3) is 0 Å². The lowest BCUT2D eigenvalue weighted by Gasteiger charge is -2.39. The zero-order valence-electron chi connectivity index (χ0n) is 12.4. The number of ether oxygens (including phenoxy) is 1. The second-order valence-electron chi connectivity index (χ2n) is 5.13. The highest BCUT2D eigenvalue weighted by molar-refractivity contribution is 8.00. The van der Waals surface area contributed by atoms with E-state index in [1.807, 2.05) is 29.2 Å². The minimum absolute atomic E-state index is 0.110. The molecule has 21 heavy (non-hydrogen) atoms. The molecule has 0 saturated carbocycles. The Morgan fingerprint density at radius 2 is 2.29 bits per heavy atom. The maximum atomic E-state index is 12.1. The van der Waals surface area contributed by atoms with Gasteiger partial charge in [0.05, 0.1) is 7.11 Å². The standard InChI is InChI=1S/C14H22N2O3S2/c1-19-12-5-3-4-11(8-12)13(9-15)16-6-7-20-10-14(16)21(2,17)18/h3-5,8,13-14H,6-7,9-10,15H2,1-2H3. The summed E-state index contributed by atoms with van der Waals surface area (Å²) in [5, 5.41) is -0.476. The molecule has 0 aliphatic carbocycles. The molecule has 1 aliphatic rings. The van der Waals surface area contributed by atoms with E-state index in [0.717, 1.165) is 23.6 Å². The van der Waals surface area contributed by atoms with Crippen molar-refractivity contribution >= 4 is 21.6 Å². The molecule has 0 spiro atoms. The Labute approximate surface area is 130 Å². The van der Waals surface area contributed by atoms with E-state index in [1.165, 1.54) is 6.26 Å². The molecule has 0 amide bonds. The molecule has 0 bridgehead atoms. The predicted octanol–water partition coefficient (Wildman–Crippen LogP) is 1.11. The molecule has 7 heteroatoms. The molecule has 0 aromatic heterocycles. The number of benzene rings is 1. The van der Waals surface area contributed by atoms with Crippen molar-refractivity contribution in [1.82, 2.24) is 4.90 Å². The van der Waals surface area contributed by atoms with Gasteiger partial charge in [0.1, 0.15) is 11.1 Å². The van der Waals surface area contributed by atoms with Crippen molar-refractivity contribution in [1.29, 1.82) is 0 Å². The largest absolute Gasteiger partial charge is 0.497 e. The highest BCUT2D eigenvalue weighted by atomic mass is 32.2. The van der Waals surface area contributed by atoms with Gasteiger partial charge in [-0.2, -0.15) is 11.8 Å². The fourth-order valence-corrected chi connectivity index (χ4v) is 5.55. The number of thioether (sulfide) groups is 1. The van der Waals surface area contributed by atoms with E-state index >= 15 is 0 Å². The lowest BCUT2D eigenvalue weighted by Crippen LogP contribution is -2.50. The summed E-state index contributed by atoms with van der Waals surface area (Å²) in [7, 11) is -1.52. The Hall–Kier alpha value is -0.760. The second-order valence-corrected chi connectivity index (χ2v) is 8.48. The van der Waals surface area contributed by atoms with E-state index in [0.29, 0.717) is 12.3 Å². The highest BCUT2D eigenvalue weighted by Crippen LogP contribution is 2.30. The summed E-state index contributed by atoms with van der Waals surface area (Å²) in [5.74, 6) is 2.28. The maximum absolute atomic E-state index is 12.1. The van der Waals surface area contributed by atoms with Crippen LogP contribution in [0, 0.1) is 0 Å². The van der Waals surface area contributed by atoms with Crippen LogP contribution in [0.15, 0.2) is 24.3 Å². The summed E-state index contributed by atoms with van der Waals surface area (Å²) >= 11 is 1.68. The molecular formula is C14H22N2O3S2. The van der Waals surface area contributed by atoms with Crippen LogP contribution >= 0.6 is 11.8 Å². The van der Waals surface area contributed by atoms with Crippen LogP contribution in [0.5, 0.6) is 5.75 Å². The van der Waals surface area contributed by atoms with Crippen molar-refractivity contribution in [3.63, 3.8) is 0 Å². The van der Waals surface area contributed by atoms with E-state index < -0.39 is 15.2 Å². The Kier molecular flexibility index (Phi) is 5.54. The van der Waals surface area contributed by atoms with Crippen LogP contribution in [0.4, 0.5) is 0 Å². The summed E-state index contributed by atoms with van der Waals surface area (Å²) in [5.41, 5.74) is 6.95. The average Bonchev–Trinajstić information content (AvgIpc) is 2.48. The molecule has 118 valence electrons. The molecule has 2 atom stereocenters. The first kappa shape index (κ1) is 16.6. The lowest BCUT2D eigenvalue weighted by molar-refractivity contribution is 0.197. The molecule has 2 rings (SSSR count). The molecular weight excluding hydrogens is 308 g/mol. The molecule has 1 heterocycles. The normalized spacial score (nSPS) is 22.0. The summed E-state index contributed by atoms with van der Waals surface area (Å²) in [4.78, 5) is 2.01. The Bertz CT molecular complexity index is 577. The third kappa shape index (κ3) is 3.91. The van der Waals surface area contributed by atoms with Gasteiger partial charge in [-0.05, 0) is 17.7 Å². The van der Waals surface area contributed by atoms with Gasteiger partial charge in [-0.15, -0.1) is 0 Å². The third-order valence-electron chi connectivity index (χ3n) is 3.72. The van der Waals surface area contributed by atoms with Crippen LogP contribution in [0.2, 0.25) is 0 Å². The van der Waals surface area contributed by atoms with Gasteiger partial charge in [-0.1, -0.05) is 12.1 Å². The second kappa shape index (κ2) is 7.00. The van der Waals surface area contributed by atoms with Gasteiger partial charge in [-0.25, -0.2) is 8.42 Å². The molecule has 1 aromatic rings. The SMILES string of the molecule is COc1cccc(C(CN)N2CCSCC2S(C)(=O)=O)c1. The van der Waals surface area contributed by atoms with Crippen molar-refractivity contribution in [3.05, 3.63) is 29.8 Å². The molecule has 1 aliphatic heterocycles. The van der Waals surface area contributed by atoms with E-state index in [9.17, 15) is 8.42 Å². The first-order chi connectivity index (χ1) is 9.97. The van der Waals surface area contributed by atoms with Crippen molar-refractivity contribution < 1.29 is 13.2 Å². The number of hydrogen-bond donors (Lipinski definition) is 1. The number of nitrogens with zero attached hydrogens (tertiary/aromatic N) is 1. The monoisotopic (exact) mass is 330 g/mol. The Morgan fingerprint density at radius 1 is 1.52 bits per heavy atom. The van der Waals surface area contributed by atoms with E-state index in [4.69, 9.17) is 10.5 Å². The van der Waals surface area contributed by atoms with Crippen molar-refractivity contribution in [3.8, 4) is 5.75 Å². The average molecular weight is 330 g/mol. The maximum Gasteiger partial charge on any atom is 0.164 e. The van der Waals surface area contributed by atoms with Gasteiger partial charge < -0.3 is 10.5 Å².